The summed E-state index contributed by atoms with van der Waals surface area (Å²) in [5, 5.41) is 16.7. The van der Waals surface area contributed by atoms with Gasteiger partial charge in [-0.15, -0.1) is 0 Å². The molecule has 0 fully saturated rings. The molecule has 6 heteroatoms. The number of ether oxygens (including phenoxy) is 1. The second-order valence-electron chi connectivity index (χ2n) is 3.21. The Hall–Kier alpha value is -0.760. The first-order chi connectivity index (χ1) is 7.27. The summed E-state index contributed by atoms with van der Waals surface area (Å²) in [6, 6.07) is 0. The van der Waals surface area contributed by atoms with E-state index in [1.54, 1.807) is 17.1 Å². The SMILES string of the molecule is Cn1nc(C2NC=CO2)c(CI)c1CO. The van der Waals surface area contributed by atoms with Crippen molar-refractivity contribution in [2.45, 2.75) is 17.3 Å². The predicted octanol–water partition coefficient (Wildman–Crippen LogP) is 0.937. The van der Waals surface area contributed by atoms with Crippen LogP contribution in [-0.2, 0) is 22.8 Å². The van der Waals surface area contributed by atoms with E-state index in [0.717, 1.165) is 21.4 Å². The molecule has 0 aliphatic carbocycles. The molecule has 0 saturated heterocycles. The van der Waals surface area contributed by atoms with Crippen molar-refractivity contribution in [1.82, 2.24) is 15.1 Å². The highest BCUT2D eigenvalue weighted by Gasteiger charge is 2.23. The fourth-order valence-corrected chi connectivity index (χ4v) is 2.44. The largest absolute Gasteiger partial charge is 0.471 e. The van der Waals surface area contributed by atoms with Crippen LogP contribution in [0.25, 0.3) is 0 Å². The van der Waals surface area contributed by atoms with E-state index in [-0.39, 0.29) is 12.8 Å². The Morgan fingerprint density at radius 1 is 1.73 bits per heavy atom. The van der Waals surface area contributed by atoms with E-state index in [1.165, 1.54) is 0 Å². The smallest absolute Gasteiger partial charge is 0.214 e. The molecule has 0 saturated carbocycles. The molecule has 2 rings (SSSR count). The minimum Gasteiger partial charge on any atom is -0.471 e. The van der Waals surface area contributed by atoms with E-state index >= 15 is 0 Å². The third-order valence-electron chi connectivity index (χ3n) is 2.37. The van der Waals surface area contributed by atoms with Gasteiger partial charge in [0.1, 0.15) is 12.0 Å². The van der Waals surface area contributed by atoms with Crippen LogP contribution in [0.2, 0.25) is 0 Å². The van der Waals surface area contributed by atoms with E-state index in [4.69, 9.17) is 4.74 Å². The topological polar surface area (TPSA) is 59.3 Å². The summed E-state index contributed by atoms with van der Waals surface area (Å²) < 4.78 is 7.85. The average Bonchev–Trinajstić information content (AvgIpc) is 2.83. The number of hydrogen-bond acceptors (Lipinski definition) is 4. The Kier molecular flexibility index (Phi) is 3.15. The van der Waals surface area contributed by atoms with Gasteiger partial charge < -0.3 is 15.2 Å². The van der Waals surface area contributed by atoms with Gasteiger partial charge in [-0.25, -0.2) is 0 Å². The molecule has 0 spiro atoms. The van der Waals surface area contributed by atoms with Crippen LogP contribution in [0.3, 0.4) is 0 Å². The summed E-state index contributed by atoms with van der Waals surface area (Å²) in [6.45, 7) is 0.00197. The first-order valence-corrected chi connectivity index (χ1v) is 6.08. The van der Waals surface area contributed by atoms with Crippen molar-refractivity contribution in [2.24, 2.45) is 7.05 Å². The van der Waals surface area contributed by atoms with Crippen LogP contribution < -0.4 is 5.32 Å². The standard InChI is InChI=1S/C9H12IN3O2/c1-13-7(5-14)6(4-10)8(12-13)9-11-2-3-15-9/h2-3,9,11,14H,4-5H2,1H3. The van der Waals surface area contributed by atoms with Crippen molar-refractivity contribution < 1.29 is 9.84 Å². The molecule has 0 amide bonds. The van der Waals surface area contributed by atoms with E-state index in [0.29, 0.717) is 0 Å². The van der Waals surface area contributed by atoms with Crippen molar-refractivity contribution in [3.63, 3.8) is 0 Å². The molecule has 0 bridgehead atoms. The predicted molar refractivity (Wildman–Crippen MR) is 63.0 cm³/mol. The van der Waals surface area contributed by atoms with Gasteiger partial charge in [0.2, 0.25) is 6.23 Å². The fourth-order valence-electron chi connectivity index (χ4n) is 1.61. The first-order valence-electron chi connectivity index (χ1n) is 4.56. The Bertz CT molecular complexity index is 381. The van der Waals surface area contributed by atoms with Crippen molar-refractivity contribution in [3.05, 3.63) is 29.4 Å². The molecule has 5 nitrogen and oxygen atoms in total. The van der Waals surface area contributed by atoms with Gasteiger partial charge >= 0.3 is 0 Å². The minimum atomic E-state index is -0.221. The Balaban J connectivity index is 2.37. The molecule has 1 unspecified atom stereocenters. The Morgan fingerprint density at radius 2 is 2.53 bits per heavy atom. The van der Waals surface area contributed by atoms with Crippen molar-refractivity contribution in [3.8, 4) is 0 Å². The number of rotatable bonds is 3. The molecular weight excluding hydrogens is 309 g/mol. The summed E-state index contributed by atoms with van der Waals surface area (Å²) in [5.74, 6) is 0. The number of nitrogens with zero attached hydrogens (tertiary/aromatic N) is 2. The summed E-state index contributed by atoms with van der Waals surface area (Å²) in [6.07, 6.45) is 3.13. The molecule has 0 radical (unpaired) electrons. The number of hydrogen-bond donors (Lipinski definition) is 2. The average molecular weight is 321 g/mol. The third-order valence-corrected chi connectivity index (χ3v) is 3.13. The van der Waals surface area contributed by atoms with Crippen molar-refractivity contribution in [2.75, 3.05) is 0 Å². The summed E-state index contributed by atoms with van der Waals surface area (Å²) >= 11 is 2.26. The highest BCUT2D eigenvalue weighted by atomic mass is 127. The van der Waals surface area contributed by atoms with Crippen LogP contribution in [0, 0.1) is 0 Å². The lowest BCUT2D eigenvalue weighted by Crippen LogP contribution is -2.13. The minimum absolute atomic E-state index is 0.00197. The van der Waals surface area contributed by atoms with Crippen LogP contribution >= 0.6 is 22.6 Å². The molecule has 15 heavy (non-hydrogen) atoms. The number of alkyl halides is 1. The van der Waals surface area contributed by atoms with Gasteiger partial charge in [0.15, 0.2) is 0 Å². The van der Waals surface area contributed by atoms with Gasteiger partial charge in [0.25, 0.3) is 0 Å². The summed E-state index contributed by atoms with van der Waals surface area (Å²) in [4.78, 5) is 0. The van der Waals surface area contributed by atoms with Crippen molar-refractivity contribution in [1.29, 1.82) is 0 Å². The van der Waals surface area contributed by atoms with Gasteiger partial charge in [0, 0.05) is 23.2 Å². The normalized spacial score (nSPS) is 19.0. The maximum absolute atomic E-state index is 9.25. The van der Waals surface area contributed by atoms with Gasteiger partial charge in [-0.05, 0) is 0 Å². The van der Waals surface area contributed by atoms with E-state index < -0.39 is 0 Å². The van der Waals surface area contributed by atoms with Crippen LogP contribution in [0.4, 0.5) is 0 Å². The first kappa shape index (κ1) is 10.7. The number of halogens is 1. The zero-order valence-corrected chi connectivity index (χ0v) is 10.4. The molecule has 1 aliphatic rings. The quantitative estimate of drug-likeness (QED) is 0.643. The molecule has 2 N–H and O–H groups in total. The summed E-state index contributed by atoms with van der Waals surface area (Å²) in [7, 11) is 1.83. The lowest BCUT2D eigenvalue weighted by Gasteiger charge is -2.09. The second-order valence-corrected chi connectivity index (χ2v) is 3.97. The summed E-state index contributed by atoms with van der Waals surface area (Å²) in [5.41, 5.74) is 2.74. The molecule has 1 atom stereocenters. The maximum Gasteiger partial charge on any atom is 0.214 e. The van der Waals surface area contributed by atoms with E-state index in [9.17, 15) is 5.11 Å². The molecule has 0 aromatic carbocycles. The number of aryl methyl sites for hydroxylation is 1. The van der Waals surface area contributed by atoms with Crippen LogP contribution in [-0.4, -0.2) is 14.9 Å². The van der Waals surface area contributed by atoms with E-state index in [1.807, 2.05) is 7.05 Å². The van der Waals surface area contributed by atoms with Gasteiger partial charge in [-0.3, -0.25) is 4.68 Å². The highest BCUT2D eigenvalue weighted by molar-refractivity contribution is 14.1. The molecular formula is C9H12IN3O2. The zero-order valence-electron chi connectivity index (χ0n) is 8.27. The monoisotopic (exact) mass is 321 g/mol. The maximum atomic E-state index is 9.25. The Labute approximate surface area is 101 Å². The van der Waals surface area contributed by atoms with Crippen LogP contribution in [0.1, 0.15) is 23.2 Å². The Morgan fingerprint density at radius 3 is 3.07 bits per heavy atom. The molecule has 1 aromatic rings. The van der Waals surface area contributed by atoms with E-state index in [2.05, 4.69) is 33.0 Å². The van der Waals surface area contributed by atoms with Gasteiger partial charge in [0.05, 0.1) is 12.3 Å². The molecule has 1 aliphatic heterocycles. The molecule has 1 aromatic heterocycles. The number of aliphatic hydroxyl groups is 1. The number of aliphatic hydroxyl groups excluding tert-OH is 1. The molecule has 2 heterocycles. The lowest BCUT2D eigenvalue weighted by atomic mass is 10.2. The van der Waals surface area contributed by atoms with Gasteiger partial charge in [-0.1, -0.05) is 22.6 Å². The number of nitrogens with one attached hydrogen (secondary N) is 1. The highest BCUT2D eigenvalue weighted by Crippen LogP contribution is 2.25. The van der Waals surface area contributed by atoms with Gasteiger partial charge in [-0.2, -0.15) is 5.10 Å². The fraction of sp³-hybridized carbons (Fsp3) is 0.444. The van der Waals surface area contributed by atoms with Crippen LogP contribution in [0.15, 0.2) is 12.5 Å². The number of aromatic nitrogens is 2. The second kappa shape index (κ2) is 4.40. The molecule has 82 valence electrons. The van der Waals surface area contributed by atoms with Crippen molar-refractivity contribution >= 4 is 22.6 Å². The zero-order chi connectivity index (χ0) is 10.8. The third kappa shape index (κ3) is 1.83. The lowest BCUT2D eigenvalue weighted by molar-refractivity contribution is 0.149. The van der Waals surface area contributed by atoms with Crippen LogP contribution in [0.5, 0.6) is 0 Å².